The lowest BCUT2D eigenvalue weighted by Gasteiger charge is -2.09. The molecule has 0 aliphatic rings. The lowest BCUT2D eigenvalue weighted by molar-refractivity contribution is 0.959. The average molecular weight is 326 g/mol. The number of halogens is 1. The SMILES string of the molecule is CCCNc1nc(-c2ccc(C)s2)nc(C)c1Br. The summed E-state index contributed by atoms with van der Waals surface area (Å²) in [5.74, 6) is 1.68. The van der Waals surface area contributed by atoms with Gasteiger partial charge < -0.3 is 5.32 Å². The molecule has 1 N–H and O–H groups in total. The van der Waals surface area contributed by atoms with Crippen molar-refractivity contribution in [1.82, 2.24) is 9.97 Å². The molecule has 0 fully saturated rings. The fourth-order valence-corrected chi connectivity index (χ4v) is 2.70. The van der Waals surface area contributed by atoms with Gasteiger partial charge in [0.2, 0.25) is 0 Å². The third kappa shape index (κ3) is 2.90. The summed E-state index contributed by atoms with van der Waals surface area (Å²) in [6.45, 7) is 7.14. The third-order valence-electron chi connectivity index (χ3n) is 2.52. The topological polar surface area (TPSA) is 37.8 Å². The summed E-state index contributed by atoms with van der Waals surface area (Å²) in [7, 11) is 0. The first-order chi connectivity index (χ1) is 8.61. The lowest BCUT2D eigenvalue weighted by atomic mass is 10.3. The van der Waals surface area contributed by atoms with Crippen molar-refractivity contribution in [2.24, 2.45) is 0 Å². The molecule has 0 aromatic carbocycles. The van der Waals surface area contributed by atoms with Gasteiger partial charge in [0.1, 0.15) is 5.82 Å². The largest absolute Gasteiger partial charge is 0.369 e. The van der Waals surface area contributed by atoms with Crippen molar-refractivity contribution in [2.75, 3.05) is 11.9 Å². The Bertz CT molecular complexity index is 551. The molecule has 0 amide bonds. The van der Waals surface area contributed by atoms with E-state index in [0.29, 0.717) is 0 Å². The van der Waals surface area contributed by atoms with Crippen molar-refractivity contribution in [1.29, 1.82) is 0 Å². The van der Waals surface area contributed by atoms with Gasteiger partial charge in [-0.05, 0) is 48.3 Å². The number of rotatable bonds is 4. The molecule has 0 saturated heterocycles. The van der Waals surface area contributed by atoms with Gasteiger partial charge in [-0.1, -0.05) is 6.92 Å². The number of nitrogens with zero attached hydrogens (tertiary/aromatic N) is 2. The van der Waals surface area contributed by atoms with Crippen molar-refractivity contribution in [3.8, 4) is 10.7 Å². The first-order valence-corrected chi connectivity index (χ1v) is 7.57. The van der Waals surface area contributed by atoms with Crippen molar-refractivity contribution >= 4 is 33.1 Å². The van der Waals surface area contributed by atoms with Gasteiger partial charge in [0.25, 0.3) is 0 Å². The smallest absolute Gasteiger partial charge is 0.171 e. The zero-order chi connectivity index (χ0) is 13.1. The Morgan fingerprint density at radius 1 is 1.28 bits per heavy atom. The van der Waals surface area contributed by atoms with E-state index in [0.717, 1.165) is 39.7 Å². The Balaban J connectivity index is 2.40. The molecule has 18 heavy (non-hydrogen) atoms. The highest BCUT2D eigenvalue weighted by molar-refractivity contribution is 9.10. The van der Waals surface area contributed by atoms with Crippen LogP contribution in [0.15, 0.2) is 16.6 Å². The molecular weight excluding hydrogens is 310 g/mol. The molecule has 0 atom stereocenters. The molecule has 0 saturated carbocycles. The van der Waals surface area contributed by atoms with Gasteiger partial charge in [-0.2, -0.15) is 0 Å². The predicted octanol–water partition coefficient (Wildman–Crippen LogP) is 4.41. The Morgan fingerprint density at radius 2 is 2.06 bits per heavy atom. The highest BCUT2D eigenvalue weighted by atomic mass is 79.9. The summed E-state index contributed by atoms with van der Waals surface area (Å²) < 4.78 is 0.952. The number of nitrogens with one attached hydrogen (secondary N) is 1. The number of thiophene rings is 1. The van der Waals surface area contributed by atoms with E-state index < -0.39 is 0 Å². The molecule has 2 heterocycles. The normalized spacial score (nSPS) is 10.7. The number of aryl methyl sites for hydroxylation is 2. The second-order valence-corrected chi connectivity index (χ2v) is 6.21. The Morgan fingerprint density at radius 3 is 2.67 bits per heavy atom. The molecular formula is C13H16BrN3S. The average Bonchev–Trinajstić information content (AvgIpc) is 2.77. The van der Waals surface area contributed by atoms with Gasteiger partial charge in [0.05, 0.1) is 15.0 Å². The molecule has 0 unspecified atom stereocenters. The minimum atomic E-state index is 0.799. The summed E-state index contributed by atoms with van der Waals surface area (Å²) >= 11 is 5.26. The summed E-state index contributed by atoms with van der Waals surface area (Å²) in [5.41, 5.74) is 0.963. The number of hydrogen-bond donors (Lipinski definition) is 1. The summed E-state index contributed by atoms with van der Waals surface area (Å²) in [6, 6.07) is 4.17. The third-order valence-corrected chi connectivity index (χ3v) is 4.47. The van der Waals surface area contributed by atoms with Crippen LogP contribution in [0, 0.1) is 13.8 Å². The zero-order valence-corrected chi connectivity index (χ0v) is 13.2. The highest BCUT2D eigenvalue weighted by Gasteiger charge is 2.11. The molecule has 0 aliphatic heterocycles. The Kier molecular flexibility index (Phi) is 4.35. The first-order valence-electron chi connectivity index (χ1n) is 5.96. The zero-order valence-electron chi connectivity index (χ0n) is 10.7. The Hall–Kier alpha value is -0.940. The fraction of sp³-hybridized carbons (Fsp3) is 0.385. The molecule has 0 aliphatic carbocycles. The molecule has 0 bridgehead atoms. The van der Waals surface area contributed by atoms with Crippen LogP contribution >= 0.6 is 27.3 Å². The molecule has 0 radical (unpaired) electrons. The van der Waals surface area contributed by atoms with Crippen LogP contribution in [0.1, 0.15) is 23.9 Å². The maximum atomic E-state index is 4.60. The maximum Gasteiger partial charge on any atom is 0.171 e. The van der Waals surface area contributed by atoms with Gasteiger partial charge in [0, 0.05) is 11.4 Å². The molecule has 3 nitrogen and oxygen atoms in total. The van der Waals surface area contributed by atoms with Crippen LogP contribution in [0.2, 0.25) is 0 Å². The lowest BCUT2D eigenvalue weighted by Crippen LogP contribution is -2.05. The standard InChI is InChI=1S/C13H16BrN3S/c1-4-7-15-13-11(14)9(3)16-12(17-13)10-6-5-8(2)18-10/h5-6H,4,7H2,1-3H3,(H,15,16,17). The van der Waals surface area contributed by atoms with Crippen LogP contribution in [0.3, 0.4) is 0 Å². The Labute approximate surface area is 120 Å². The quantitative estimate of drug-likeness (QED) is 0.904. The predicted molar refractivity (Wildman–Crippen MR) is 81.3 cm³/mol. The minimum absolute atomic E-state index is 0.799. The second kappa shape index (κ2) is 5.80. The van der Waals surface area contributed by atoms with Crippen LogP contribution in [0.5, 0.6) is 0 Å². The molecule has 2 rings (SSSR count). The van der Waals surface area contributed by atoms with E-state index in [-0.39, 0.29) is 0 Å². The van der Waals surface area contributed by atoms with E-state index in [1.165, 1.54) is 4.88 Å². The minimum Gasteiger partial charge on any atom is -0.369 e. The van der Waals surface area contributed by atoms with E-state index in [2.05, 4.69) is 57.2 Å². The number of hydrogen-bond acceptors (Lipinski definition) is 4. The maximum absolute atomic E-state index is 4.60. The first kappa shape index (κ1) is 13.5. The van der Waals surface area contributed by atoms with Crippen molar-refractivity contribution in [3.63, 3.8) is 0 Å². The van der Waals surface area contributed by atoms with Gasteiger partial charge in [0.15, 0.2) is 5.82 Å². The summed E-state index contributed by atoms with van der Waals surface area (Å²) in [6.07, 6.45) is 1.07. The van der Waals surface area contributed by atoms with Crippen LogP contribution < -0.4 is 5.32 Å². The van der Waals surface area contributed by atoms with E-state index in [1.807, 2.05) is 6.92 Å². The highest BCUT2D eigenvalue weighted by Crippen LogP contribution is 2.30. The molecule has 2 aromatic rings. The van der Waals surface area contributed by atoms with Crippen LogP contribution in [-0.2, 0) is 0 Å². The summed E-state index contributed by atoms with van der Waals surface area (Å²) in [4.78, 5) is 11.5. The van der Waals surface area contributed by atoms with E-state index in [9.17, 15) is 0 Å². The molecule has 5 heteroatoms. The number of aromatic nitrogens is 2. The van der Waals surface area contributed by atoms with Crippen molar-refractivity contribution < 1.29 is 0 Å². The van der Waals surface area contributed by atoms with Gasteiger partial charge >= 0.3 is 0 Å². The van der Waals surface area contributed by atoms with E-state index >= 15 is 0 Å². The fourth-order valence-electron chi connectivity index (χ4n) is 1.58. The van der Waals surface area contributed by atoms with Crippen molar-refractivity contribution in [3.05, 3.63) is 27.2 Å². The van der Waals surface area contributed by atoms with Gasteiger partial charge in [-0.25, -0.2) is 9.97 Å². The number of anilines is 1. The van der Waals surface area contributed by atoms with Gasteiger partial charge in [-0.15, -0.1) is 11.3 Å². The van der Waals surface area contributed by atoms with E-state index in [4.69, 9.17) is 0 Å². The molecule has 2 aromatic heterocycles. The monoisotopic (exact) mass is 325 g/mol. The second-order valence-electron chi connectivity index (χ2n) is 4.13. The molecule has 96 valence electrons. The van der Waals surface area contributed by atoms with Crippen molar-refractivity contribution in [2.45, 2.75) is 27.2 Å². The van der Waals surface area contributed by atoms with Crippen LogP contribution in [0.25, 0.3) is 10.7 Å². The van der Waals surface area contributed by atoms with Gasteiger partial charge in [-0.3, -0.25) is 0 Å². The summed E-state index contributed by atoms with van der Waals surface area (Å²) in [5, 5.41) is 3.33. The molecule has 0 spiro atoms. The van der Waals surface area contributed by atoms with Crippen LogP contribution in [0.4, 0.5) is 5.82 Å². The van der Waals surface area contributed by atoms with Crippen LogP contribution in [-0.4, -0.2) is 16.5 Å². The van der Waals surface area contributed by atoms with E-state index in [1.54, 1.807) is 11.3 Å².